The fraction of sp³-hybridized carbons (Fsp3) is 0.588. The monoisotopic (exact) mass is 334 g/mol. The van der Waals surface area contributed by atoms with Crippen molar-refractivity contribution in [1.82, 2.24) is 19.7 Å². The fourth-order valence-electron chi connectivity index (χ4n) is 3.01. The Bertz CT molecular complexity index is 648. The van der Waals surface area contributed by atoms with E-state index in [0.717, 1.165) is 44.7 Å². The zero-order valence-electron chi connectivity index (χ0n) is 14.2. The molecule has 0 aliphatic carbocycles. The van der Waals surface area contributed by atoms with Gasteiger partial charge < -0.3 is 9.47 Å². The quantitative estimate of drug-likeness (QED) is 0.509. The van der Waals surface area contributed by atoms with Crippen LogP contribution in [0.3, 0.4) is 0 Å². The third kappa shape index (κ3) is 4.19. The molecule has 0 bridgehead atoms. The lowest BCUT2D eigenvalue weighted by atomic mass is 9.95. The van der Waals surface area contributed by atoms with E-state index in [1.165, 1.54) is 5.57 Å². The van der Waals surface area contributed by atoms with E-state index in [1.807, 2.05) is 24.0 Å². The number of aromatic amines is 1. The molecule has 1 fully saturated rings. The van der Waals surface area contributed by atoms with Gasteiger partial charge in [0, 0.05) is 31.6 Å². The standard InChI is InChI=1S/C17H26N4OS/c1-4-13(5-2)7-8-15(22)20-11-9-14(10-12-20)16-18-19-17(23)21(16)6-3/h4,7-8,14H,5-6,9-12H2,1-3H3,(H,19,23)/b8-7+,13-4-. The van der Waals surface area contributed by atoms with Gasteiger partial charge in [-0.05, 0) is 45.3 Å². The number of rotatable bonds is 5. The van der Waals surface area contributed by atoms with E-state index in [1.54, 1.807) is 6.08 Å². The van der Waals surface area contributed by atoms with Crippen LogP contribution >= 0.6 is 12.2 Å². The summed E-state index contributed by atoms with van der Waals surface area (Å²) in [7, 11) is 0. The molecule has 1 aliphatic rings. The van der Waals surface area contributed by atoms with Crippen molar-refractivity contribution in [1.29, 1.82) is 0 Å². The molecule has 1 N–H and O–H groups in total. The number of carbonyl (C=O) groups is 1. The number of nitrogens with one attached hydrogen (secondary N) is 1. The van der Waals surface area contributed by atoms with E-state index in [9.17, 15) is 4.79 Å². The summed E-state index contributed by atoms with van der Waals surface area (Å²) in [6, 6.07) is 0. The highest BCUT2D eigenvalue weighted by molar-refractivity contribution is 7.71. The highest BCUT2D eigenvalue weighted by Gasteiger charge is 2.26. The third-order valence-electron chi connectivity index (χ3n) is 4.49. The number of nitrogens with zero attached hydrogens (tertiary/aromatic N) is 3. The highest BCUT2D eigenvalue weighted by atomic mass is 32.1. The molecule has 0 spiro atoms. The molecule has 1 amide bonds. The normalized spacial score (nSPS) is 17.2. The fourth-order valence-corrected chi connectivity index (χ4v) is 3.28. The molecule has 2 rings (SSSR count). The topological polar surface area (TPSA) is 53.9 Å². The molecular weight excluding hydrogens is 308 g/mol. The van der Waals surface area contributed by atoms with Crippen molar-refractivity contribution < 1.29 is 4.79 Å². The van der Waals surface area contributed by atoms with E-state index < -0.39 is 0 Å². The smallest absolute Gasteiger partial charge is 0.246 e. The van der Waals surface area contributed by atoms with Crippen molar-refractivity contribution in [3.8, 4) is 0 Å². The molecule has 0 saturated carbocycles. The van der Waals surface area contributed by atoms with Crippen LogP contribution in [0.15, 0.2) is 23.8 Å². The average Bonchev–Trinajstić information content (AvgIpc) is 2.96. The van der Waals surface area contributed by atoms with Crippen LogP contribution < -0.4 is 0 Å². The molecule has 126 valence electrons. The van der Waals surface area contributed by atoms with Crippen LogP contribution in [0.1, 0.15) is 51.8 Å². The van der Waals surface area contributed by atoms with Crippen LogP contribution in [-0.2, 0) is 11.3 Å². The molecule has 0 atom stereocenters. The molecule has 5 nitrogen and oxygen atoms in total. The number of hydrogen-bond donors (Lipinski definition) is 1. The summed E-state index contributed by atoms with van der Waals surface area (Å²) in [5.41, 5.74) is 1.19. The average molecular weight is 334 g/mol. The van der Waals surface area contributed by atoms with E-state index in [2.05, 4.69) is 28.6 Å². The number of piperidine rings is 1. The van der Waals surface area contributed by atoms with Crippen molar-refractivity contribution in [3.63, 3.8) is 0 Å². The minimum atomic E-state index is 0.102. The lowest BCUT2D eigenvalue weighted by Crippen LogP contribution is -2.37. The van der Waals surface area contributed by atoms with Gasteiger partial charge >= 0.3 is 0 Å². The molecule has 1 aliphatic heterocycles. The maximum Gasteiger partial charge on any atom is 0.246 e. The lowest BCUT2D eigenvalue weighted by molar-refractivity contribution is -0.127. The molecule has 1 saturated heterocycles. The van der Waals surface area contributed by atoms with Gasteiger partial charge in [-0.15, -0.1) is 0 Å². The van der Waals surface area contributed by atoms with E-state index in [-0.39, 0.29) is 5.91 Å². The zero-order chi connectivity index (χ0) is 16.8. The van der Waals surface area contributed by atoms with Crippen molar-refractivity contribution in [2.24, 2.45) is 0 Å². The second-order valence-electron chi connectivity index (χ2n) is 5.78. The second kappa shape index (κ2) is 8.24. The summed E-state index contributed by atoms with van der Waals surface area (Å²) in [4.78, 5) is 14.2. The van der Waals surface area contributed by atoms with E-state index in [0.29, 0.717) is 10.7 Å². The summed E-state index contributed by atoms with van der Waals surface area (Å²) in [5.74, 6) is 1.51. The zero-order valence-corrected chi connectivity index (χ0v) is 15.0. The van der Waals surface area contributed by atoms with E-state index >= 15 is 0 Å². The Hall–Kier alpha value is -1.69. The first-order valence-electron chi connectivity index (χ1n) is 8.37. The van der Waals surface area contributed by atoms with Gasteiger partial charge in [-0.2, -0.15) is 5.10 Å². The first-order chi connectivity index (χ1) is 11.1. The van der Waals surface area contributed by atoms with Crippen molar-refractivity contribution in [2.75, 3.05) is 13.1 Å². The maximum atomic E-state index is 12.3. The number of amides is 1. The SMILES string of the molecule is C/C=C(\C=C\C(=O)N1CCC(c2n[nH]c(=S)n2CC)CC1)CC. The van der Waals surface area contributed by atoms with Gasteiger partial charge in [-0.3, -0.25) is 9.89 Å². The molecule has 1 aromatic heterocycles. The summed E-state index contributed by atoms with van der Waals surface area (Å²) >= 11 is 5.25. The van der Waals surface area contributed by atoms with Crippen molar-refractivity contribution in [2.45, 2.75) is 52.5 Å². The molecule has 1 aromatic rings. The van der Waals surface area contributed by atoms with Crippen LogP contribution in [0.5, 0.6) is 0 Å². The minimum absolute atomic E-state index is 0.102. The summed E-state index contributed by atoms with van der Waals surface area (Å²) in [5, 5.41) is 7.27. The van der Waals surface area contributed by atoms with Gasteiger partial charge in [-0.1, -0.05) is 24.6 Å². The molecule has 23 heavy (non-hydrogen) atoms. The van der Waals surface area contributed by atoms with Crippen LogP contribution in [-0.4, -0.2) is 38.7 Å². The molecule has 0 aromatic carbocycles. The second-order valence-corrected chi connectivity index (χ2v) is 6.17. The number of carbonyl (C=O) groups excluding carboxylic acids is 1. The molecule has 2 heterocycles. The Morgan fingerprint density at radius 2 is 2.04 bits per heavy atom. The number of aromatic nitrogens is 3. The van der Waals surface area contributed by atoms with Gasteiger partial charge in [0.2, 0.25) is 5.91 Å². The van der Waals surface area contributed by atoms with Crippen LogP contribution in [0.25, 0.3) is 0 Å². The predicted molar refractivity (Wildman–Crippen MR) is 94.8 cm³/mol. The Kier molecular flexibility index (Phi) is 6.33. The van der Waals surface area contributed by atoms with Crippen LogP contribution in [0.2, 0.25) is 0 Å². The first kappa shape index (κ1) is 17.7. The van der Waals surface area contributed by atoms with Crippen molar-refractivity contribution >= 4 is 18.1 Å². The van der Waals surface area contributed by atoms with Crippen LogP contribution in [0, 0.1) is 4.77 Å². The number of likely N-dealkylation sites (tertiary alicyclic amines) is 1. The summed E-state index contributed by atoms with van der Waals surface area (Å²) < 4.78 is 2.74. The third-order valence-corrected chi connectivity index (χ3v) is 4.81. The number of hydrogen-bond acceptors (Lipinski definition) is 3. The van der Waals surface area contributed by atoms with E-state index in [4.69, 9.17) is 12.2 Å². The van der Waals surface area contributed by atoms with Gasteiger partial charge in [0.15, 0.2) is 4.77 Å². The Labute approximate surface area is 143 Å². The molecular formula is C17H26N4OS. The van der Waals surface area contributed by atoms with Gasteiger partial charge in [0.05, 0.1) is 0 Å². The molecule has 0 radical (unpaired) electrons. The van der Waals surface area contributed by atoms with Gasteiger partial charge in [0.1, 0.15) is 5.82 Å². The molecule has 6 heteroatoms. The predicted octanol–water partition coefficient (Wildman–Crippen LogP) is 3.58. The molecule has 0 unspecified atom stereocenters. The first-order valence-corrected chi connectivity index (χ1v) is 8.78. The van der Waals surface area contributed by atoms with Gasteiger partial charge in [-0.25, -0.2) is 0 Å². The largest absolute Gasteiger partial charge is 0.339 e. The van der Waals surface area contributed by atoms with Crippen molar-refractivity contribution in [3.05, 3.63) is 34.4 Å². The number of allylic oxidation sites excluding steroid dienone is 3. The Morgan fingerprint density at radius 1 is 1.35 bits per heavy atom. The summed E-state index contributed by atoms with van der Waals surface area (Å²) in [6.07, 6.45) is 8.48. The summed E-state index contributed by atoms with van der Waals surface area (Å²) in [6.45, 7) is 8.54. The minimum Gasteiger partial charge on any atom is -0.339 e. The van der Waals surface area contributed by atoms with Gasteiger partial charge in [0.25, 0.3) is 0 Å². The Balaban J connectivity index is 1.96. The lowest BCUT2D eigenvalue weighted by Gasteiger charge is -2.31. The highest BCUT2D eigenvalue weighted by Crippen LogP contribution is 2.27. The maximum absolute atomic E-state index is 12.3. The number of H-pyrrole nitrogens is 1. The van der Waals surface area contributed by atoms with Crippen LogP contribution in [0.4, 0.5) is 0 Å². The Morgan fingerprint density at radius 3 is 2.61 bits per heavy atom.